The van der Waals surface area contributed by atoms with Gasteiger partial charge in [0.2, 0.25) is 0 Å². The molecule has 0 bridgehead atoms. The van der Waals surface area contributed by atoms with Crippen molar-refractivity contribution in [2.45, 2.75) is 13.8 Å². The third-order valence-corrected chi connectivity index (χ3v) is 5.60. The SMILES string of the molecule is C=C(/C=c1/c(-c2cc3c(-c4cccnc4)cncc3[nH]2)n[nH]/c1=C/C)c1cnccc1C. The van der Waals surface area contributed by atoms with E-state index in [1.165, 1.54) is 0 Å². The number of fused-ring (bicyclic) bond motifs is 1. The van der Waals surface area contributed by atoms with Crippen LogP contribution in [-0.2, 0) is 0 Å². The number of hydrogen-bond acceptors (Lipinski definition) is 4. The molecule has 0 amide bonds. The highest BCUT2D eigenvalue weighted by Crippen LogP contribution is 2.30. The minimum Gasteiger partial charge on any atom is -0.352 e. The summed E-state index contributed by atoms with van der Waals surface area (Å²) in [6, 6.07) is 8.07. The van der Waals surface area contributed by atoms with Gasteiger partial charge in [0.15, 0.2) is 0 Å². The van der Waals surface area contributed by atoms with Gasteiger partial charge < -0.3 is 4.98 Å². The minimum absolute atomic E-state index is 0.828. The highest BCUT2D eigenvalue weighted by molar-refractivity contribution is 5.97. The van der Waals surface area contributed by atoms with E-state index in [1.807, 2.05) is 56.0 Å². The van der Waals surface area contributed by atoms with Crippen molar-refractivity contribution in [3.8, 4) is 22.5 Å². The maximum Gasteiger partial charge on any atom is 0.116 e. The zero-order valence-electron chi connectivity index (χ0n) is 17.9. The normalized spacial score (nSPS) is 12.6. The maximum absolute atomic E-state index is 4.62. The van der Waals surface area contributed by atoms with Gasteiger partial charge in [-0.2, -0.15) is 5.10 Å². The highest BCUT2D eigenvalue weighted by atomic mass is 15.1. The van der Waals surface area contributed by atoms with Crippen LogP contribution in [0.4, 0.5) is 0 Å². The van der Waals surface area contributed by atoms with Gasteiger partial charge in [0.25, 0.3) is 0 Å². The Hall–Kier alpha value is -4.32. The number of rotatable bonds is 4. The van der Waals surface area contributed by atoms with Crippen molar-refractivity contribution in [1.29, 1.82) is 0 Å². The van der Waals surface area contributed by atoms with E-state index in [9.17, 15) is 0 Å². The molecule has 6 heteroatoms. The standard InChI is InChI=1S/C26H22N6/c1-4-23-20(10-17(3)21-13-28-9-7-16(21)2)26(32-31-23)24-11-19-22(14-29-15-25(19)30-24)18-6-5-8-27-12-18/h4-15,30-31H,3H2,1-2H3/b20-10+,23-4+. The lowest BCUT2D eigenvalue weighted by atomic mass is 10.0. The Morgan fingerprint density at radius 1 is 1.03 bits per heavy atom. The molecule has 0 aliphatic heterocycles. The Balaban J connectivity index is 1.68. The van der Waals surface area contributed by atoms with Crippen molar-refractivity contribution in [3.05, 3.63) is 89.7 Å². The molecule has 2 N–H and O–H groups in total. The molecule has 0 atom stereocenters. The van der Waals surface area contributed by atoms with E-state index in [0.717, 1.165) is 60.7 Å². The van der Waals surface area contributed by atoms with Crippen LogP contribution >= 0.6 is 0 Å². The van der Waals surface area contributed by atoms with Gasteiger partial charge in [0, 0.05) is 58.3 Å². The summed E-state index contributed by atoms with van der Waals surface area (Å²) in [6.07, 6.45) is 15.0. The molecule has 5 heterocycles. The Morgan fingerprint density at radius 2 is 1.91 bits per heavy atom. The summed E-state index contributed by atoms with van der Waals surface area (Å²) < 4.78 is 0. The third kappa shape index (κ3) is 3.41. The second kappa shape index (κ2) is 8.07. The molecule has 0 saturated heterocycles. The molecule has 0 radical (unpaired) electrons. The van der Waals surface area contributed by atoms with E-state index < -0.39 is 0 Å². The average molecular weight is 419 g/mol. The van der Waals surface area contributed by atoms with E-state index in [4.69, 9.17) is 0 Å². The summed E-state index contributed by atoms with van der Waals surface area (Å²) in [5.41, 5.74) is 7.75. The number of pyridine rings is 3. The van der Waals surface area contributed by atoms with Crippen molar-refractivity contribution in [3.63, 3.8) is 0 Å². The Morgan fingerprint density at radius 3 is 2.69 bits per heavy atom. The van der Waals surface area contributed by atoms with E-state index in [0.29, 0.717) is 0 Å². The van der Waals surface area contributed by atoms with E-state index in [2.05, 4.69) is 55.8 Å². The summed E-state index contributed by atoms with van der Waals surface area (Å²) in [5.74, 6) is 0. The van der Waals surface area contributed by atoms with Gasteiger partial charge >= 0.3 is 0 Å². The Kier molecular flexibility index (Phi) is 4.95. The highest BCUT2D eigenvalue weighted by Gasteiger charge is 2.13. The van der Waals surface area contributed by atoms with Crippen LogP contribution in [0.2, 0.25) is 0 Å². The summed E-state index contributed by atoms with van der Waals surface area (Å²) in [7, 11) is 0. The van der Waals surface area contributed by atoms with E-state index in [1.54, 1.807) is 12.4 Å². The van der Waals surface area contributed by atoms with Crippen LogP contribution in [-0.4, -0.2) is 30.1 Å². The Bertz CT molecular complexity index is 1560. The van der Waals surface area contributed by atoms with Crippen molar-refractivity contribution in [2.75, 3.05) is 0 Å². The lowest BCUT2D eigenvalue weighted by Crippen LogP contribution is -2.23. The molecule has 5 aromatic rings. The summed E-state index contributed by atoms with van der Waals surface area (Å²) in [5, 5.41) is 10.7. The molecular weight excluding hydrogens is 396 g/mol. The fourth-order valence-electron chi connectivity index (χ4n) is 3.92. The molecule has 0 unspecified atom stereocenters. The molecule has 0 fully saturated rings. The third-order valence-electron chi connectivity index (χ3n) is 5.60. The van der Waals surface area contributed by atoms with Crippen LogP contribution in [0, 0.1) is 6.92 Å². The Labute approximate surface area is 185 Å². The lowest BCUT2D eigenvalue weighted by molar-refractivity contribution is 1.06. The molecule has 5 aromatic heterocycles. The van der Waals surface area contributed by atoms with Gasteiger partial charge in [-0.25, -0.2) is 0 Å². The van der Waals surface area contributed by atoms with Crippen LogP contribution in [0.15, 0.2) is 68.0 Å². The molecule has 6 nitrogen and oxygen atoms in total. The first-order valence-corrected chi connectivity index (χ1v) is 10.4. The van der Waals surface area contributed by atoms with Gasteiger partial charge in [-0.05, 0) is 49.3 Å². The number of aromatic nitrogens is 6. The minimum atomic E-state index is 0.828. The van der Waals surface area contributed by atoms with Crippen LogP contribution in [0.25, 0.3) is 51.1 Å². The van der Waals surface area contributed by atoms with Gasteiger partial charge in [-0.3, -0.25) is 20.1 Å². The second-order valence-corrected chi connectivity index (χ2v) is 7.62. The number of nitrogens with one attached hydrogen (secondary N) is 2. The molecule has 0 spiro atoms. The predicted octanol–water partition coefficient (Wildman–Crippen LogP) is 4.01. The fraction of sp³-hybridized carbons (Fsp3) is 0.0769. The molecule has 5 rings (SSSR count). The van der Waals surface area contributed by atoms with Crippen LogP contribution in [0.1, 0.15) is 18.1 Å². The largest absolute Gasteiger partial charge is 0.352 e. The molecular formula is C26H22N6. The maximum atomic E-state index is 4.62. The molecule has 0 saturated carbocycles. The summed E-state index contributed by atoms with van der Waals surface area (Å²) in [4.78, 5) is 16.4. The van der Waals surface area contributed by atoms with E-state index in [-0.39, 0.29) is 0 Å². The zero-order chi connectivity index (χ0) is 22.1. The number of aryl methyl sites for hydroxylation is 1. The molecule has 0 aromatic carbocycles. The van der Waals surface area contributed by atoms with Crippen molar-refractivity contribution in [1.82, 2.24) is 30.1 Å². The van der Waals surface area contributed by atoms with Crippen LogP contribution < -0.4 is 10.6 Å². The number of allylic oxidation sites excluding steroid dienone is 1. The molecule has 32 heavy (non-hydrogen) atoms. The van der Waals surface area contributed by atoms with Crippen molar-refractivity contribution in [2.24, 2.45) is 0 Å². The molecule has 156 valence electrons. The van der Waals surface area contributed by atoms with Crippen molar-refractivity contribution < 1.29 is 0 Å². The zero-order valence-corrected chi connectivity index (χ0v) is 17.9. The quantitative estimate of drug-likeness (QED) is 0.462. The number of nitrogens with zero attached hydrogens (tertiary/aromatic N) is 4. The predicted molar refractivity (Wildman–Crippen MR) is 129 cm³/mol. The first-order valence-electron chi connectivity index (χ1n) is 10.4. The molecule has 0 aliphatic carbocycles. The van der Waals surface area contributed by atoms with Gasteiger partial charge in [0.1, 0.15) is 5.69 Å². The number of hydrogen-bond donors (Lipinski definition) is 2. The second-order valence-electron chi connectivity index (χ2n) is 7.62. The van der Waals surface area contributed by atoms with E-state index >= 15 is 0 Å². The molecule has 0 aliphatic rings. The smallest absolute Gasteiger partial charge is 0.116 e. The fourth-order valence-corrected chi connectivity index (χ4v) is 3.92. The monoisotopic (exact) mass is 418 g/mol. The van der Waals surface area contributed by atoms with Crippen LogP contribution in [0.3, 0.4) is 0 Å². The van der Waals surface area contributed by atoms with Crippen molar-refractivity contribution >= 4 is 28.6 Å². The van der Waals surface area contributed by atoms with Gasteiger partial charge in [0.05, 0.1) is 22.8 Å². The lowest BCUT2D eigenvalue weighted by Gasteiger charge is -2.03. The van der Waals surface area contributed by atoms with Crippen LogP contribution in [0.5, 0.6) is 0 Å². The van der Waals surface area contributed by atoms with Gasteiger partial charge in [-0.1, -0.05) is 18.7 Å². The average Bonchev–Trinajstić information content (AvgIpc) is 3.43. The number of aromatic amines is 2. The number of H-pyrrole nitrogens is 2. The summed E-state index contributed by atoms with van der Waals surface area (Å²) >= 11 is 0. The van der Waals surface area contributed by atoms with Gasteiger partial charge in [-0.15, -0.1) is 0 Å². The summed E-state index contributed by atoms with van der Waals surface area (Å²) in [6.45, 7) is 8.34. The first-order chi connectivity index (χ1) is 15.7. The topological polar surface area (TPSA) is 83.1 Å². The first kappa shape index (κ1) is 19.6.